The Morgan fingerprint density at radius 3 is 2.58 bits per heavy atom. The van der Waals surface area contributed by atoms with Crippen molar-refractivity contribution in [3.8, 4) is 11.5 Å². The molecule has 0 atom stereocenters. The Labute approximate surface area is 147 Å². The van der Waals surface area contributed by atoms with E-state index in [4.69, 9.17) is 9.47 Å². The molecule has 1 aromatic heterocycles. The highest BCUT2D eigenvalue weighted by Gasteiger charge is 2.33. The first-order chi connectivity index (χ1) is 11.6. The number of hydrogen-bond acceptors (Lipinski definition) is 4. The van der Waals surface area contributed by atoms with Gasteiger partial charge in [-0.05, 0) is 38.0 Å². The van der Waals surface area contributed by atoms with E-state index in [0.717, 1.165) is 24.2 Å². The fourth-order valence-electron chi connectivity index (χ4n) is 2.81. The standard InChI is InChI=1S/C19H23NO3S/c1-13-4-9-17(24-13)12-20(15-6-7-15)19(21)10-14-5-8-16(22-2)11-18(14)23-3/h4-5,8-9,11,15H,6-7,10,12H2,1-3H3. The largest absolute Gasteiger partial charge is 0.497 e. The summed E-state index contributed by atoms with van der Waals surface area (Å²) in [5.74, 6) is 1.59. The minimum atomic E-state index is 0.159. The lowest BCUT2D eigenvalue weighted by Crippen LogP contribution is -2.33. The number of rotatable bonds is 7. The second-order valence-electron chi connectivity index (χ2n) is 6.12. The number of methoxy groups -OCH3 is 2. The zero-order valence-electron chi connectivity index (χ0n) is 14.4. The second kappa shape index (κ2) is 7.26. The van der Waals surface area contributed by atoms with E-state index >= 15 is 0 Å². The lowest BCUT2D eigenvalue weighted by molar-refractivity contribution is -0.131. The lowest BCUT2D eigenvalue weighted by Gasteiger charge is -2.22. The first kappa shape index (κ1) is 16.8. The van der Waals surface area contributed by atoms with Crippen molar-refractivity contribution in [2.75, 3.05) is 14.2 Å². The van der Waals surface area contributed by atoms with E-state index in [2.05, 4.69) is 19.1 Å². The van der Waals surface area contributed by atoms with Gasteiger partial charge in [-0.15, -0.1) is 11.3 Å². The van der Waals surface area contributed by atoms with Gasteiger partial charge in [0, 0.05) is 27.4 Å². The van der Waals surface area contributed by atoms with Crippen LogP contribution in [0.4, 0.5) is 0 Å². The van der Waals surface area contributed by atoms with Gasteiger partial charge in [0.15, 0.2) is 0 Å². The zero-order chi connectivity index (χ0) is 17.1. The highest BCUT2D eigenvalue weighted by Crippen LogP contribution is 2.32. The predicted octanol–water partition coefficient (Wildman–Crippen LogP) is 3.81. The van der Waals surface area contributed by atoms with Gasteiger partial charge in [0.05, 0.1) is 27.2 Å². The van der Waals surface area contributed by atoms with Crippen molar-refractivity contribution < 1.29 is 14.3 Å². The number of hydrogen-bond donors (Lipinski definition) is 0. The van der Waals surface area contributed by atoms with Gasteiger partial charge in [-0.1, -0.05) is 6.07 Å². The maximum Gasteiger partial charge on any atom is 0.227 e. The summed E-state index contributed by atoms with van der Waals surface area (Å²) in [6.45, 7) is 2.81. The number of nitrogens with zero attached hydrogens (tertiary/aromatic N) is 1. The summed E-state index contributed by atoms with van der Waals surface area (Å²) >= 11 is 1.76. The van der Waals surface area contributed by atoms with E-state index in [1.54, 1.807) is 25.6 Å². The molecule has 1 aliphatic carbocycles. The van der Waals surface area contributed by atoms with Gasteiger partial charge in [0.1, 0.15) is 11.5 Å². The molecular weight excluding hydrogens is 322 g/mol. The summed E-state index contributed by atoms with van der Waals surface area (Å²) in [5.41, 5.74) is 0.899. The Morgan fingerprint density at radius 2 is 2.00 bits per heavy atom. The number of amides is 1. The van der Waals surface area contributed by atoms with Gasteiger partial charge in [-0.2, -0.15) is 0 Å². The molecular formula is C19H23NO3S. The van der Waals surface area contributed by atoms with Crippen molar-refractivity contribution in [3.63, 3.8) is 0 Å². The molecule has 1 amide bonds. The van der Waals surface area contributed by atoms with Crippen LogP contribution in [0.15, 0.2) is 30.3 Å². The molecule has 0 radical (unpaired) electrons. The summed E-state index contributed by atoms with van der Waals surface area (Å²) < 4.78 is 10.6. The topological polar surface area (TPSA) is 38.8 Å². The number of ether oxygens (including phenoxy) is 2. The monoisotopic (exact) mass is 345 g/mol. The van der Waals surface area contributed by atoms with Gasteiger partial charge >= 0.3 is 0 Å². The van der Waals surface area contributed by atoms with Crippen molar-refractivity contribution >= 4 is 17.2 Å². The SMILES string of the molecule is COc1ccc(CC(=O)N(Cc2ccc(C)s2)C2CC2)c(OC)c1. The van der Waals surface area contributed by atoms with E-state index in [0.29, 0.717) is 24.8 Å². The Kier molecular flexibility index (Phi) is 5.09. The van der Waals surface area contributed by atoms with Crippen LogP contribution in [0.3, 0.4) is 0 Å². The molecule has 0 unspecified atom stereocenters. The average molecular weight is 345 g/mol. The number of carbonyl (C=O) groups is 1. The highest BCUT2D eigenvalue weighted by atomic mass is 32.1. The Balaban J connectivity index is 1.74. The third-order valence-electron chi connectivity index (χ3n) is 4.27. The molecule has 0 aliphatic heterocycles. The first-order valence-corrected chi connectivity index (χ1v) is 8.98. The van der Waals surface area contributed by atoms with E-state index in [-0.39, 0.29) is 5.91 Å². The molecule has 3 rings (SSSR count). The van der Waals surface area contributed by atoms with Crippen molar-refractivity contribution in [2.24, 2.45) is 0 Å². The van der Waals surface area contributed by atoms with Gasteiger partial charge < -0.3 is 14.4 Å². The van der Waals surface area contributed by atoms with Crippen LogP contribution < -0.4 is 9.47 Å². The summed E-state index contributed by atoms with van der Waals surface area (Å²) in [5, 5.41) is 0. The number of carbonyl (C=O) groups excluding carboxylic acids is 1. The Hall–Kier alpha value is -2.01. The van der Waals surface area contributed by atoms with E-state index in [9.17, 15) is 4.79 Å². The molecule has 2 aromatic rings. The Morgan fingerprint density at radius 1 is 1.21 bits per heavy atom. The normalized spacial score (nSPS) is 13.6. The van der Waals surface area contributed by atoms with Gasteiger partial charge in [0.25, 0.3) is 0 Å². The molecule has 1 heterocycles. The average Bonchev–Trinajstić information content (AvgIpc) is 3.34. The second-order valence-corrected chi connectivity index (χ2v) is 7.49. The third-order valence-corrected chi connectivity index (χ3v) is 5.25. The quantitative estimate of drug-likeness (QED) is 0.766. The molecule has 0 spiro atoms. The molecule has 1 aliphatic rings. The molecule has 0 N–H and O–H groups in total. The highest BCUT2D eigenvalue weighted by molar-refractivity contribution is 7.11. The maximum absolute atomic E-state index is 12.9. The zero-order valence-corrected chi connectivity index (χ0v) is 15.2. The van der Waals surface area contributed by atoms with Crippen molar-refractivity contribution in [3.05, 3.63) is 45.6 Å². The van der Waals surface area contributed by atoms with Crippen molar-refractivity contribution in [2.45, 2.75) is 38.8 Å². The van der Waals surface area contributed by atoms with Crippen LogP contribution in [0.5, 0.6) is 11.5 Å². The number of benzene rings is 1. The van der Waals surface area contributed by atoms with E-state index < -0.39 is 0 Å². The van der Waals surface area contributed by atoms with Gasteiger partial charge in [0.2, 0.25) is 5.91 Å². The fourth-order valence-corrected chi connectivity index (χ4v) is 3.70. The lowest BCUT2D eigenvalue weighted by atomic mass is 10.1. The summed E-state index contributed by atoms with van der Waals surface area (Å²) in [6, 6.07) is 10.2. The molecule has 4 nitrogen and oxygen atoms in total. The molecule has 1 fully saturated rings. The molecule has 0 saturated heterocycles. The fraction of sp³-hybridized carbons (Fsp3) is 0.421. The number of thiophene rings is 1. The Bertz CT molecular complexity index is 721. The van der Waals surface area contributed by atoms with Crippen LogP contribution in [0, 0.1) is 6.92 Å². The van der Waals surface area contributed by atoms with Crippen LogP contribution in [-0.4, -0.2) is 31.1 Å². The van der Waals surface area contributed by atoms with Crippen LogP contribution in [0.2, 0.25) is 0 Å². The molecule has 24 heavy (non-hydrogen) atoms. The summed E-state index contributed by atoms with van der Waals surface area (Å²) in [4.78, 5) is 17.4. The predicted molar refractivity (Wildman–Crippen MR) is 95.9 cm³/mol. The van der Waals surface area contributed by atoms with Gasteiger partial charge in [-0.3, -0.25) is 4.79 Å². The van der Waals surface area contributed by atoms with E-state index in [1.165, 1.54) is 9.75 Å². The van der Waals surface area contributed by atoms with Crippen LogP contribution in [-0.2, 0) is 17.8 Å². The van der Waals surface area contributed by atoms with Crippen molar-refractivity contribution in [1.82, 2.24) is 4.90 Å². The van der Waals surface area contributed by atoms with E-state index in [1.807, 2.05) is 23.1 Å². The minimum absolute atomic E-state index is 0.159. The maximum atomic E-state index is 12.9. The molecule has 1 saturated carbocycles. The first-order valence-electron chi connectivity index (χ1n) is 8.16. The summed E-state index contributed by atoms with van der Waals surface area (Å²) in [6.07, 6.45) is 2.57. The minimum Gasteiger partial charge on any atom is -0.497 e. The van der Waals surface area contributed by atoms with Crippen LogP contribution in [0.25, 0.3) is 0 Å². The van der Waals surface area contributed by atoms with Gasteiger partial charge in [-0.25, -0.2) is 0 Å². The smallest absolute Gasteiger partial charge is 0.227 e. The van der Waals surface area contributed by atoms with Crippen molar-refractivity contribution in [1.29, 1.82) is 0 Å². The molecule has 1 aromatic carbocycles. The molecule has 128 valence electrons. The molecule has 0 bridgehead atoms. The third kappa shape index (κ3) is 3.90. The number of aryl methyl sites for hydroxylation is 1. The molecule has 5 heteroatoms. The van der Waals surface area contributed by atoms with Crippen LogP contribution in [0.1, 0.15) is 28.2 Å². The van der Waals surface area contributed by atoms with Crippen LogP contribution >= 0.6 is 11.3 Å². The summed E-state index contributed by atoms with van der Waals surface area (Å²) in [7, 11) is 3.24.